The van der Waals surface area contributed by atoms with Gasteiger partial charge in [0.05, 0.1) is 0 Å². The van der Waals surface area contributed by atoms with Gasteiger partial charge in [0.1, 0.15) is 0 Å². The first-order valence-corrected chi connectivity index (χ1v) is 16.2. The van der Waals surface area contributed by atoms with Gasteiger partial charge in [-0.05, 0) is 11.8 Å². The minimum atomic E-state index is -2.48. The third-order valence-electron chi connectivity index (χ3n) is 6.68. The van der Waals surface area contributed by atoms with Gasteiger partial charge in [-0.1, -0.05) is 39.4 Å². The maximum absolute atomic E-state index is 13.7. The number of halogens is 20. The average Bonchev–Trinajstić information content (AvgIpc) is 3.22. The number of aliphatic imine (C=N–C) groups is 2. The van der Waals surface area contributed by atoms with Crippen LogP contribution in [0.15, 0.2) is 9.98 Å². The Bertz CT molecular complexity index is 2060. The van der Waals surface area contributed by atoms with Crippen molar-refractivity contribution >= 4 is 34.4 Å². The molecule has 0 bridgehead atoms. The summed E-state index contributed by atoms with van der Waals surface area (Å²) in [6.45, 7) is 4.67. The summed E-state index contributed by atoms with van der Waals surface area (Å²) >= 11 is 0. The summed E-state index contributed by atoms with van der Waals surface area (Å²) < 4.78 is 268. The quantitative estimate of drug-likeness (QED) is 0.0606. The first-order valence-electron chi connectivity index (χ1n) is 16.2. The third-order valence-corrected chi connectivity index (χ3v) is 6.68. The maximum atomic E-state index is 13.7. The molecule has 0 atom stereocenters. The molecule has 0 aliphatic carbocycles. The Balaban J connectivity index is 0.00000107. The minimum Gasteiger partial charge on any atom is -0.668 e. The van der Waals surface area contributed by atoms with E-state index < -0.39 is 163 Å². The molecule has 0 aliphatic heterocycles. The normalized spacial score (nSPS) is 11.3. The second-order valence-electron chi connectivity index (χ2n) is 12.0. The molecule has 6 nitrogen and oxygen atoms in total. The molecule has 4 rings (SSSR count). The van der Waals surface area contributed by atoms with E-state index in [1.807, 2.05) is 0 Å². The molecule has 0 aromatic heterocycles. The van der Waals surface area contributed by atoms with Crippen LogP contribution < -0.4 is 0 Å². The van der Waals surface area contributed by atoms with Gasteiger partial charge >= 0.3 is 26.2 Å². The number of hydrogen-bond acceptors (Lipinski definition) is 2. The second kappa shape index (κ2) is 24.9. The molecule has 27 heteroatoms. The fraction of sp³-hybridized carbons (Fsp3) is 0.278. The van der Waals surface area contributed by atoms with Crippen molar-refractivity contribution in [2.24, 2.45) is 21.8 Å². The van der Waals surface area contributed by atoms with Crippen LogP contribution >= 0.6 is 0 Å². The van der Waals surface area contributed by atoms with Crippen molar-refractivity contribution in [2.45, 2.75) is 27.7 Å². The third kappa shape index (κ3) is 13.1. The van der Waals surface area contributed by atoms with Crippen LogP contribution in [0.4, 0.5) is 111 Å². The molecule has 0 fully saturated rings. The van der Waals surface area contributed by atoms with E-state index in [1.165, 1.54) is 27.7 Å². The molecule has 0 N–H and O–H groups in total. The molecule has 0 heterocycles. The number of nitrogens with zero attached hydrogens (tertiary/aromatic N) is 6. The summed E-state index contributed by atoms with van der Waals surface area (Å²) in [6, 6.07) is 0. The first-order chi connectivity index (χ1) is 28.6. The van der Waals surface area contributed by atoms with Gasteiger partial charge in [0.2, 0.25) is 23.3 Å². The summed E-state index contributed by atoms with van der Waals surface area (Å²) in [5.74, 6) is -51.8. The topological polar surface area (TPSA) is 81.1 Å². The summed E-state index contributed by atoms with van der Waals surface area (Å²) in [5, 5.41) is 13.1. The predicted octanol–water partition coefficient (Wildman–Crippen LogP) is 14.2. The van der Waals surface area contributed by atoms with E-state index in [0.717, 1.165) is 0 Å². The van der Waals surface area contributed by atoms with Crippen LogP contribution in [0.1, 0.15) is 27.7 Å². The first kappa shape index (κ1) is 58.2. The zero-order valence-electron chi connectivity index (χ0n) is 32.9. The molecule has 0 saturated carbocycles. The van der Waals surface area contributed by atoms with Crippen molar-refractivity contribution in [1.82, 2.24) is 0 Å². The van der Waals surface area contributed by atoms with E-state index in [9.17, 15) is 87.8 Å². The number of hydrogen-bond donors (Lipinski definition) is 0. The van der Waals surface area contributed by atoms with Crippen LogP contribution in [0.25, 0.3) is 21.3 Å². The van der Waals surface area contributed by atoms with Gasteiger partial charge in [0.25, 0.3) is 0 Å². The molecule has 0 spiro atoms. The van der Waals surface area contributed by atoms with Crippen molar-refractivity contribution in [2.75, 3.05) is 28.2 Å². The Kier molecular flexibility index (Phi) is 23.0. The molecule has 4 aromatic rings. The van der Waals surface area contributed by atoms with Crippen LogP contribution in [0, 0.1) is 128 Å². The monoisotopic (exact) mass is 1010 g/mol. The predicted molar refractivity (Wildman–Crippen MR) is 185 cm³/mol. The molecule has 63 heavy (non-hydrogen) atoms. The molecule has 344 valence electrons. The summed E-state index contributed by atoms with van der Waals surface area (Å²) in [5.41, 5.74) is -6.97. The average molecular weight is 1010 g/mol. The van der Waals surface area contributed by atoms with E-state index in [-0.39, 0.29) is 26.2 Å². The van der Waals surface area contributed by atoms with Crippen LogP contribution in [0.2, 0.25) is 0 Å². The van der Waals surface area contributed by atoms with Gasteiger partial charge in [-0.2, -0.15) is 28.2 Å². The molecule has 0 amide bonds. The van der Waals surface area contributed by atoms with E-state index in [4.69, 9.17) is 0 Å². The van der Waals surface area contributed by atoms with Gasteiger partial charge in [-0.15, -0.1) is 0 Å². The van der Waals surface area contributed by atoms with Gasteiger partial charge in [-0.3, -0.25) is 0 Å². The molecule has 0 unspecified atom stereocenters. The molecule has 4 aromatic carbocycles. The van der Waals surface area contributed by atoms with Crippen molar-refractivity contribution in [3.63, 3.8) is 0 Å². The Morgan fingerprint density at radius 2 is 0.444 bits per heavy atom. The summed E-state index contributed by atoms with van der Waals surface area (Å²) in [6.07, 6.45) is 0. The Morgan fingerprint density at radius 1 is 0.302 bits per heavy atom. The van der Waals surface area contributed by atoms with Gasteiger partial charge < -0.3 is 31.3 Å². The molecular formula is C36H26F20N6Zr. The summed E-state index contributed by atoms with van der Waals surface area (Å²) in [4.78, 5) is 6.12. The van der Waals surface area contributed by atoms with Gasteiger partial charge in [0.15, 0.2) is 93.1 Å². The molecule has 0 radical (unpaired) electrons. The van der Waals surface area contributed by atoms with Gasteiger partial charge in [0, 0.05) is 22.7 Å². The van der Waals surface area contributed by atoms with E-state index in [2.05, 4.69) is 31.3 Å². The van der Waals surface area contributed by atoms with Crippen LogP contribution in [-0.4, -0.2) is 39.9 Å². The number of benzene rings is 4. The van der Waals surface area contributed by atoms with Crippen molar-refractivity contribution in [3.05, 3.63) is 138 Å². The second-order valence-corrected chi connectivity index (χ2v) is 12.0. The fourth-order valence-corrected chi connectivity index (χ4v) is 3.79. The Labute approximate surface area is 363 Å². The maximum Gasteiger partial charge on any atom is 4.00 e. The van der Waals surface area contributed by atoms with E-state index in [1.54, 1.807) is 28.2 Å². The Hall–Kier alpha value is -4.78. The standard InChI is InChI=1S/2C16H7F10N2.2C2H6N.Zr/c2*1-3(2)16(27-14-10(23)6(19)4(17)7(20)11(14)24)28-15-12(25)8(21)5(18)9(22)13(15)26;2*1-3-2;/h2*3H,1-2H3;2*1-2H3;/q4*-1;+4. The van der Waals surface area contributed by atoms with Crippen molar-refractivity contribution in [1.29, 1.82) is 0 Å². The number of amidine groups is 2. The van der Waals surface area contributed by atoms with Crippen molar-refractivity contribution < 1.29 is 114 Å². The van der Waals surface area contributed by atoms with Crippen molar-refractivity contribution in [3.8, 4) is 0 Å². The van der Waals surface area contributed by atoms with E-state index in [0.29, 0.717) is 0 Å². The van der Waals surface area contributed by atoms with E-state index >= 15 is 0 Å². The zero-order valence-corrected chi connectivity index (χ0v) is 35.4. The Morgan fingerprint density at radius 3 is 0.603 bits per heavy atom. The fourth-order valence-electron chi connectivity index (χ4n) is 3.79. The largest absolute Gasteiger partial charge is 4.00 e. The smallest absolute Gasteiger partial charge is 0.668 e. The van der Waals surface area contributed by atoms with Crippen LogP contribution in [-0.2, 0) is 26.2 Å². The van der Waals surface area contributed by atoms with Crippen LogP contribution in [0.5, 0.6) is 0 Å². The SMILES string of the molecule is CC(C)C(=Nc1c(F)c(F)c(F)c(F)c1F)[N-]c1c(F)c(F)c(F)c(F)c1F.CC(C)C(=Nc1c(F)c(F)c(F)c(F)c1F)[N-]c1c(F)c(F)c(F)c(F)c1F.C[N-]C.C[N-]C.[Zr+4]. The number of rotatable bonds is 6. The van der Waals surface area contributed by atoms with Gasteiger partial charge in [-0.25, -0.2) is 87.8 Å². The zero-order chi connectivity index (χ0) is 48.4. The minimum absolute atomic E-state index is 0. The summed E-state index contributed by atoms with van der Waals surface area (Å²) in [7, 11) is 7.00. The molecular weight excluding hydrogens is 988 g/mol. The molecule has 0 aliphatic rings. The van der Waals surface area contributed by atoms with Crippen LogP contribution in [0.3, 0.4) is 0 Å². The molecule has 0 saturated heterocycles.